The molecule has 1 amide bonds. The average molecular weight is 604 g/mol. The summed E-state index contributed by atoms with van der Waals surface area (Å²) < 4.78 is 111. The topological polar surface area (TPSA) is 65.1 Å². The highest BCUT2D eigenvalue weighted by atomic mass is 19.4. The molecule has 1 aliphatic heterocycles. The molecular weight excluding hydrogens is 575 g/mol. The zero-order valence-corrected chi connectivity index (χ0v) is 23.1. The van der Waals surface area contributed by atoms with Crippen LogP contribution < -0.4 is 4.74 Å². The van der Waals surface area contributed by atoms with Crippen molar-refractivity contribution in [3.05, 3.63) is 75.8 Å². The number of hydrogen-bond donors (Lipinski definition) is 0. The normalized spacial score (nSPS) is 20.9. The molecule has 42 heavy (non-hydrogen) atoms. The number of allylic oxidation sites excluding steroid dienone is 1. The third-order valence-electron chi connectivity index (χ3n) is 7.42. The van der Waals surface area contributed by atoms with Crippen molar-refractivity contribution in [3.8, 4) is 5.75 Å². The number of nitrogens with zero attached hydrogens (tertiary/aromatic N) is 1. The van der Waals surface area contributed by atoms with Gasteiger partial charge in [0.15, 0.2) is 0 Å². The molecule has 1 heterocycles. The first kappa shape index (κ1) is 31.2. The molecule has 0 radical (unpaired) electrons. The molecule has 2 aliphatic rings. The molecule has 2 atom stereocenters. The molecule has 0 spiro atoms. The molecule has 4 rings (SSSR count). The van der Waals surface area contributed by atoms with Crippen molar-refractivity contribution >= 4 is 12.1 Å². The van der Waals surface area contributed by atoms with Crippen molar-refractivity contribution in [1.29, 1.82) is 0 Å². The number of carbonyl (C=O) groups is 2. The molecule has 0 N–H and O–H groups in total. The molecule has 2 aromatic rings. The summed E-state index contributed by atoms with van der Waals surface area (Å²) in [5.41, 5.74) is -3.63. The second-order valence-corrected chi connectivity index (χ2v) is 11.1. The van der Waals surface area contributed by atoms with E-state index < -0.39 is 59.1 Å². The standard InChI is InChI=1S/C29H28F7NO5/c1-15-24(16-9-18(28(31,32)33)11-19(10-16)29(34,35)36)42-26(39)37(15)14-17-13-27(2,3)8-7-23(17)41-25(38)21-6-5-20(40-4)12-22(21)30/h5-6,9-12,15,24H,7-8,13-14H2,1-4H3/t15-,24-/m0/s1. The van der Waals surface area contributed by atoms with Crippen LogP contribution >= 0.6 is 0 Å². The number of rotatable bonds is 6. The fourth-order valence-corrected chi connectivity index (χ4v) is 5.12. The number of alkyl halides is 6. The molecule has 1 fully saturated rings. The second kappa shape index (κ2) is 11.1. The van der Waals surface area contributed by atoms with Crippen LogP contribution in [0.2, 0.25) is 0 Å². The molecular formula is C29H28F7NO5. The minimum absolute atomic E-state index is 0.00388. The number of halogens is 7. The highest BCUT2D eigenvalue weighted by Gasteiger charge is 2.44. The van der Waals surface area contributed by atoms with E-state index in [1.165, 1.54) is 26.2 Å². The van der Waals surface area contributed by atoms with Gasteiger partial charge in [0.25, 0.3) is 0 Å². The Balaban J connectivity index is 1.64. The van der Waals surface area contributed by atoms with Gasteiger partial charge in [-0.2, -0.15) is 26.3 Å². The van der Waals surface area contributed by atoms with Crippen molar-refractivity contribution < 1.29 is 54.5 Å². The summed E-state index contributed by atoms with van der Waals surface area (Å²) in [7, 11) is 1.34. The number of esters is 1. The van der Waals surface area contributed by atoms with Gasteiger partial charge in [-0.15, -0.1) is 0 Å². The number of methoxy groups -OCH3 is 1. The molecule has 2 aromatic carbocycles. The van der Waals surface area contributed by atoms with Gasteiger partial charge in [0.1, 0.15) is 23.4 Å². The monoisotopic (exact) mass is 603 g/mol. The minimum atomic E-state index is -5.07. The van der Waals surface area contributed by atoms with Crippen LogP contribution in [0, 0.1) is 11.2 Å². The Labute approximate surface area is 237 Å². The van der Waals surface area contributed by atoms with Crippen LogP contribution in [0.1, 0.15) is 73.2 Å². The van der Waals surface area contributed by atoms with E-state index in [0.29, 0.717) is 30.5 Å². The van der Waals surface area contributed by atoms with E-state index in [0.717, 1.165) is 11.0 Å². The molecule has 0 unspecified atom stereocenters. The SMILES string of the molecule is COc1ccc(C(=O)OC2=C(CN3C(=O)O[C@H](c4cc(C(F)(F)F)cc(C(F)(F)F)c4)[C@@H]3C)CC(C)(C)CC2)c(F)c1. The minimum Gasteiger partial charge on any atom is -0.497 e. The number of cyclic esters (lactones) is 1. The molecule has 1 aliphatic carbocycles. The Morgan fingerprint density at radius 1 is 1.05 bits per heavy atom. The Morgan fingerprint density at radius 2 is 1.67 bits per heavy atom. The van der Waals surface area contributed by atoms with E-state index in [9.17, 15) is 40.3 Å². The van der Waals surface area contributed by atoms with Crippen LogP contribution in [0.25, 0.3) is 0 Å². The van der Waals surface area contributed by atoms with Gasteiger partial charge in [0.2, 0.25) is 0 Å². The summed E-state index contributed by atoms with van der Waals surface area (Å²) in [6, 6.07) is 3.71. The van der Waals surface area contributed by atoms with Crippen molar-refractivity contribution in [2.45, 2.75) is 64.5 Å². The van der Waals surface area contributed by atoms with E-state index in [1.807, 2.05) is 13.8 Å². The summed E-state index contributed by atoms with van der Waals surface area (Å²) in [6.45, 7) is 5.17. The molecule has 228 valence electrons. The number of benzene rings is 2. The first-order chi connectivity index (χ1) is 19.4. The van der Waals surface area contributed by atoms with E-state index in [1.54, 1.807) is 0 Å². The maximum Gasteiger partial charge on any atom is 0.416 e. The largest absolute Gasteiger partial charge is 0.497 e. The van der Waals surface area contributed by atoms with Crippen LogP contribution in [0.3, 0.4) is 0 Å². The van der Waals surface area contributed by atoms with Crippen LogP contribution in [0.5, 0.6) is 5.75 Å². The number of hydrogen-bond acceptors (Lipinski definition) is 5. The van der Waals surface area contributed by atoms with Gasteiger partial charge in [0, 0.05) is 19.0 Å². The Morgan fingerprint density at radius 3 is 2.21 bits per heavy atom. The zero-order valence-electron chi connectivity index (χ0n) is 23.1. The van der Waals surface area contributed by atoms with Gasteiger partial charge in [-0.25, -0.2) is 14.0 Å². The maximum atomic E-state index is 14.5. The third-order valence-corrected chi connectivity index (χ3v) is 7.42. The van der Waals surface area contributed by atoms with E-state index >= 15 is 0 Å². The number of carbonyl (C=O) groups excluding carboxylic acids is 2. The van der Waals surface area contributed by atoms with Crippen molar-refractivity contribution in [2.24, 2.45) is 5.41 Å². The van der Waals surface area contributed by atoms with Crippen LogP contribution in [0.15, 0.2) is 47.7 Å². The van der Waals surface area contributed by atoms with E-state index in [2.05, 4.69) is 0 Å². The molecule has 13 heteroatoms. The van der Waals surface area contributed by atoms with Crippen LogP contribution in [0.4, 0.5) is 35.5 Å². The lowest BCUT2D eigenvalue weighted by Crippen LogP contribution is -2.36. The van der Waals surface area contributed by atoms with Gasteiger partial charge in [-0.05, 0) is 66.6 Å². The molecule has 0 saturated carbocycles. The van der Waals surface area contributed by atoms with Crippen LogP contribution in [-0.4, -0.2) is 36.7 Å². The van der Waals surface area contributed by atoms with Gasteiger partial charge in [-0.3, -0.25) is 4.90 Å². The van der Waals surface area contributed by atoms with Gasteiger partial charge in [0.05, 0.1) is 29.8 Å². The molecule has 0 bridgehead atoms. The van der Waals surface area contributed by atoms with Crippen LogP contribution in [-0.2, 0) is 21.8 Å². The Hall–Kier alpha value is -3.77. The van der Waals surface area contributed by atoms with Gasteiger partial charge >= 0.3 is 24.4 Å². The Bertz CT molecular complexity index is 1380. The lowest BCUT2D eigenvalue weighted by atomic mass is 9.76. The zero-order chi connectivity index (χ0) is 31.2. The molecule has 0 aromatic heterocycles. The predicted molar refractivity (Wildman–Crippen MR) is 135 cm³/mol. The lowest BCUT2D eigenvalue weighted by Gasteiger charge is -2.34. The quantitative estimate of drug-likeness (QED) is 0.247. The Kier molecular flexibility index (Phi) is 8.27. The van der Waals surface area contributed by atoms with E-state index in [-0.39, 0.29) is 41.5 Å². The third kappa shape index (κ3) is 6.65. The maximum absolute atomic E-state index is 14.5. The second-order valence-electron chi connectivity index (χ2n) is 11.1. The van der Waals surface area contributed by atoms with Gasteiger partial charge < -0.3 is 14.2 Å². The molecule has 6 nitrogen and oxygen atoms in total. The summed E-state index contributed by atoms with van der Waals surface area (Å²) >= 11 is 0. The highest BCUT2D eigenvalue weighted by molar-refractivity contribution is 5.90. The summed E-state index contributed by atoms with van der Waals surface area (Å²) in [5, 5.41) is 0. The number of ether oxygens (including phenoxy) is 3. The lowest BCUT2D eigenvalue weighted by molar-refractivity contribution is -0.143. The number of amides is 1. The average Bonchev–Trinajstić information content (AvgIpc) is 3.17. The van der Waals surface area contributed by atoms with E-state index in [4.69, 9.17) is 14.2 Å². The van der Waals surface area contributed by atoms with Gasteiger partial charge in [-0.1, -0.05) is 13.8 Å². The van der Waals surface area contributed by atoms with Crippen molar-refractivity contribution in [3.63, 3.8) is 0 Å². The first-order valence-electron chi connectivity index (χ1n) is 12.9. The summed E-state index contributed by atoms with van der Waals surface area (Å²) in [4.78, 5) is 26.9. The first-order valence-corrected chi connectivity index (χ1v) is 12.9. The smallest absolute Gasteiger partial charge is 0.416 e. The fraction of sp³-hybridized carbons (Fsp3) is 0.448. The van der Waals surface area contributed by atoms with Crippen molar-refractivity contribution in [1.82, 2.24) is 4.90 Å². The predicted octanol–water partition coefficient (Wildman–Crippen LogP) is 8.07. The molecule has 1 saturated heterocycles. The summed E-state index contributed by atoms with van der Waals surface area (Å²) in [5.74, 6) is -1.43. The van der Waals surface area contributed by atoms with Crippen molar-refractivity contribution in [2.75, 3.05) is 13.7 Å². The highest BCUT2D eigenvalue weighted by Crippen LogP contribution is 2.43. The fourth-order valence-electron chi connectivity index (χ4n) is 5.12. The summed E-state index contributed by atoms with van der Waals surface area (Å²) in [6.07, 6.45) is -11.3.